The molecule has 0 spiro atoms. The van der Waals surface area contributed by atoms with Crippen LogP contribution in [0.3, 0.4) is 0 Å². The molecule has 0 aliphatic carbocycles. The highest BCUT2D eigenvalue weighted by molar-refractivity contribution is 5.59. The first kappa shape index (κ1) is 12.7. The van der Waals surface area contributed by atoms with Crippen LogP contribution in [0, 0.1) is 11.6 Å². The molecule has 0 unspecified atom stereocenters. The second-order valence-electron chi connectivity index (χ2n) is 4.10. The summed E-state index contributed by atoms with van der Waals surface area (Å²) >= 11 is 0. The van der Waals surface area contributed by atoms with E-state index in [1.54, 1.807) is 12.3 Å². The lowest BCUT2D eigenvalue weighted by Crippen LogP contribution is -2.13. The summed E-state index contributed by atoms with van der Waals surface area (Å²) in [4.78, 5) is 4.29. The van der Waals surface area contributed by atoms with Gasteiger partial charge in [0.15, 0.2) is 11.6 Å². The van der Waals surface area contributed by atoms with Gasteiger partial charge in [0.05, 0.1) is 11.9 Å². The minimum absolute atomic E-state index is 0.625. The van der Waals surface area contributed by atoms with Gasteiger partial charge in [-0.1, -0.05) is 0 Å². The Balaban J connectivity index is 2.33. The van der Waals surface area contributed by atoms with Gasteiger partial charge in [-0.15, -0.1) is 0 Å². The quantitative estimate of drug-likeness (QED) is 0.902. The third-order valence-electron chi connectivity index (χ3n) is 2.90. The Kier molecular flexibility index (Phi) is 3.72. The molecule has 0 radical (unpaired) electrons. The van der Waals surface area contributed by atoms with Crippen molar-refractivity contribution in [1.29, 1.82) is 0 Å². The maximum atomic E-state index is 13.2. The summed E-state index contributed by atoms with van der Waals surface area (Å²) in [5, 5.41) is 3.05. The number of nitrogens with zero attached hydrogens (tertiary/aromatic N) is 2. The number of likely N-dealkylation sites (N-methyl/N-ethyl adjacent to an activating group) is 1. The Morgan fingerprint density at radius 2 is 2.06 bits per heavy atom. The van der Waals surface area contributed by atoms with Crippen LogP contribution in [-0.4, -0.2) is 23.1 Å². The van der Waals surface area contributed by atoms with Gasteiger partial charge in [-0.05, 0) is 25.2 Å². The number of nitrogens with one attached hydrogen (secondary N) is 1. The van der Waals surface area contributed by atoms with E-state index in [1.165, 1.54) is 6.07 Å². The second kappa shape index (κ2) is 5.27. The third-order valence-corrected chi connectivity index (χ3v) is 2.90. The summed E-state index contributed by atoms with van der Waals surface area (Å²) in [7, 11) is 3.74. The highest BCUT2D eigenvalue weighted by atomic mass is 19.2. The zero-order chi connectivity index (χ0) is 13.1. The first-order chi connectivity index (χ1) is 8.63. The smallest absolute Gasteiger partial charge is 0.159 e. The van der Waals surface area contributed by atoms with E-state index in [-0.39, 0.29) is 0 Å². The standard InChI is InChI=1S/C13H15F2N3/c1-16-6-5-13-17-8-12(18(13)2)9-3-4-10(14)11(15)7-9/h3-4,7-8,16H,5-6H2,1-2H3. The van der Waals surface area contributed by atoms with Gasteiger partial charge in [-0.25, -0.2) is 13.8 Å². The van der Waals surface area contributed by atoms with Gasteiger partial charge in [0.2, 0.25) is 0 Å². The van der Waals surface area contributed by atoms with Gasteiger partial charge in [-0.2, -0.15) is 0 Å². The average molecular weight is 251 g/mol. The lowest BCUT2D eigenvalue weighted by atomic mass is 10.1. The minimum Gasteiger partial charge on any atom is -0.331 e. The molecule has 0 aliphatic rings. The molecule has 1 heterocycles. The second-order valence-corrected chi connectivity index (χ2v) is 4.10. The van der Waals surface area contributed by atoms with Crippen molar-refractivity contribution in [2.75, 3.05) is 13.6 Å². The lowest BCUT2D eigenvalue weighted by Gasteiger charge is -2.06. The van der Waals surface area contributed by atoms with Crippen molar-refractivity contribution in [3.8, 4) is 11.3 Å². The van der Waals surface area contributed by atoms with Crippen LogP contribution in [0.1, 0.15) is 5.82 Å². The molecule has 3 nitrogen and oxygen atoms in total. The van der Waals surface area contributed by atoms with Crippen LogP contribution in [0.2, 0.25) is 0 Å². The number of benzene rings is 1. The van der Waals surface area contributed by atoms with E-state index in [0.717, 1.165) is 30.6 Å². The monoisotopic (exact) mass is 251 g/mol. The number of halogens is 2. The van der Waals surface area contributed by atoms with Gasteiger partial charge < -0.3 is 9.88 Å². The van der Waals surface area contributed by atoms with Gasteiger partial charge in [0, 0.05) is 25.6 Å². The van der Waals surface area contributed by atoms with Crippen molar-refractivity contribution >= 4 is 0 Å². The van der Waals surface area contributed by atoms with E-state index in [0.29, 0.717) is 5.56 Å². The topological polar surface area (TPSA) is 29.9 Å². The van der Waals surface area contributed by atoms with E-state index < -0.39 is 11.6 Å². The summed E-state index contributed by atoms with van der Waals surface area (Å²) < 4.78 is 28.0. The van der Waals surface area contributed by atoms with Crippen LogP contribution in [0.15, 0.2) is 24.4 Å². The summed E-state index contributed by atoms with van der Waals surface area (Å²) in [5.74, 6) is -0.772. The fourth-order valence-corrected chi connectivity index (χ4v) is 1.84. The van der Waals surface area contributed by atoms with E-state index in [2.05, 4.69) is 10.3 Å². The van der Waals surface area contributed by atoms with Crippen LogP contribution in [0.4, 0.5) is 8.78 Å². The largest absolute Gasteiger partial charge is 0.331 e. The van der Waals surface area contributed by atoms with Crippen molar-refractivity contribution in [3.05, 3.63) is 41.9 Å². The highest BCUT2D eigenvalue weighted by Gasteiger charge is 2.10. The highest BCUT2D eigenvalue weighted by Crippen LogP contribution is 2.22. The predicted octanol–water partition coefficient (Wildman–Crippen LogP) is 2.13. The molecule has 2 aromatic rings. The van der Waals surface area contributed by atoms with Crippen LogP contribution < -0.4 is 5.32 Å². The molecule has 0 fully saturated rings. The van der Waals surface area contributed by atoms with Crippen LogP contribution in [-0.2, 0) is 13.5 Å². The number of imidazole rings is 1. The molecule has 0 amide bonds. The van der Waals surface area contributed by atoms with Gasteiger partial charge >= 0.3 is 0 Å². The van der Waals surface area contributed by atoms with Gasteiger partial charge in [-0.3, -0.25) is 0 Å². The molecule has 0 saturated heterocycles. The SMILES string of the molecule is CNCCc1ncc(-c2ccc(F)c(F)c2)n1C. The van der Waals surface area contributed by atoms with Crippen molar-refractivity contribution in [2.24, 2.45) is 7.05 Å². The molecule has 2 rings (SSSR count). The molecule has 18 heavy (non-hydrogen) atoms. The maximum absolute atomic E-state index is 13.2. The number of aromatic nitrogens is 2. The molecule has 0 bridgehead atoms. The van der Waals surface area contributed by atoms with E-state index in [9.17, 15) is 8.78 Å². The number of rotatable bonds is 4. The minimum atomic E-state index is -0.842. The normalized spacial score (nSPS) is 10.9. The van der Waals surface area contributed by atoms with E-state index in [1.807, 2.05) is 18.7 Å². The Morgan fingerprint density at radius 3 is 2.72 bits per heavy atom. The fraction of sp³-hybridized carbons (Fsp3) is 0.308. The van der Waals surface area contributed by atoms with E-state index >= 15 is 0 Å². The molecule has 0 atom stereocenters. The van der Waals surface area contributed by atoms with Crippen LogP contribution in [0.5, 0.6) is 0 Å². The van der Waals surface area contributed by atoms with Gasteiger partial charge in [0.25, 0.3) is 0 Å². The molecular weight excluding hydrogens is 236 g/mol. The van der Waals surface area contributed by atoms with Gasteiger partial charge in [0.1, 0.15) is 5.82 Å². The average Bonchev–Trinajstić information content (AvgIpc) is 2.72. The Labute approximate surface area is 104 Å². The Bertz CT molecular complexity index is 549. The third kappa shape index (κ3) is 2.41. The molecule has 96 valence electrons. The first-order valence-corrected chi connectivity index (χ1v) is 5.74. The van der Waals surface area contributed by atoms with Crippen molar-refractivity contribution < 1.29 is 8.78 Å². The van der Waals surface area contributed by atoms with Crippen molar-refractivity contribution in [3.63, 3.8) is 0 Å². The van der Waals surface area contributed by atoms with Crippen LogP contribution in [0.25, 0.3) is 11.3 Å². The summed E-state index contributed by atoms with van der Waals surface area (Å²) in [6.07, 6.45) is 2.47. The maximum Gasteiger partial charge on any atom is 0.159 e. The molecule has 1 aromatic heterocycles. The molecule has 5 heteroatoms. The van der Waals surface area contributed by atoms with Crippen molar-refractivity contribution in [1.82, 2.24) is 14.9 Å². The molecule has 1 N–H and O–H groups in total. The fourth-order valence-electron chi connectivity index (χ4n) is 1.84. The Morgan fingerprint density at radius 1 is 1.28 bits per heavy atom. The molecule has 0 aliphatic heterocycles. The van der Waals surface area contributed by atoms with Crippen molar-refractivity contribution in [2.45, 2.75) is 6.42 Å². The zero-order valence-electron chi connectivity index (χ0n) is 10.4. The van der Waals surface area contributed by atoms with Crippen LogP contribution >= 0.6 is 0 Å². The molecule has 0 saturated carbocycles. The number of hydrogen-bond acceptors (Lipinski definition) is 2. The predicted molar refractivity (Wildman–Crippen MR) is 66.2 cm³/mol. The zero-order valence-corrected chi connectivity index (χ0v) is 10.4. The first-order valence-electron chi connectivity index (χ1n) is 5.74. The summed E-state index contributed by atoms with van der Waals surface area (Å²) in [6.45, 7) is 0.822. The summed E-state index contributed by atoms with van der Waals surface area (Å²) in [5.41, 5.74) is 1.40. The molecular formula is C13H15F2N3. The molecule has 1 aromatic carbocycles. The number of hydrogen-bond donors (Lipinski definition) is 1. The Hall–Kier alpha value is -1.75. The summed E-state index contributed by atoms with van der Waals surface area (Å²) in [6, 6.07) is 3.87. The lowest BCUT2D eigenvalue weighted by molar-refractivity contribution is 0.509. The van der Waals surface area contributed by atoms with E-state index in [4.69, 9.17) is 0 Å².